The summed E-state index contributed by atoms with van der Waals surface area (Å²) in [6.07, 6.45) is 0.632. The van der Waals surface area contributed by atoms with Gasteiger partial charge in [0.05, 0.1) is 21.1 Å². The van der Waals surface area contributed by atoms with Gasteiger partial charge in [-0.3, -0.25) is 0 Å². The molecular weight excluding hydrogens is 305 g/mol. The molecule has 0 saturated carbocycles. The Kier molecular flexibility index (Phi) is 3.59. The highest BCUT2D eigenvalue weighted by molar-refractivity contribution is 6.42. The lowest BCUT2D eigenvalue weighted by Gasteiger charge is -2.04. The van der Waals surface area contributed by atoms with E-state index in [0.717, 1.165) is 22.4 Å². The lowest BCUT2D eigenvalue weighted by atomic mass is 10.1. The van der Waals surface area contributed by atoms with Crippen molar-refractivity contribution in [2.75, 3.05) is 0 Å². The molecule has 0 bridgehead atoms. The van der Waals surface area contributed by atoms with Crippen molar-refractivity contribution in [2.45, 2.75) is 6.42 Å². The molecule has 2 aromatic carbocycles. The second kappa shape index (κ2) is 5.40. The first-order chi connectivity index (χ1) is 10.1. The summed E-state index contributed by atoms with van der Waals surface area (Å²) in [5.41, 5.74) is 3.30. The van der Waals surface area contributed by atoms with Gasteiger partial charge in [0.1, 0.15) is 17.4 Å². The first kappa shape index (κ1) is 13.9. The SMILES string of the molecule is Cn1c(Cc2ccc(Cl)c(Cl)c2)nc2c(C#N)cccc21. The third-order valence-corrected chi connectivity index (χ3v) is 4.21. The summed E-state index contributed by atoms with van der Waals surface area (Å²) in [6, 6.07) is 13.3. The van der Waals surface area contributed by atoms with Crippen LogP contribution in [0.15, 0.2) is 36.4 Å². The Hall–Kier alpha value is -2.02. The van der Waals surface area contributed by atoms with E-state index >= 15 is 0 Å². The number of hydrogen-bond acceptors (Lipinski definition) is 2. The van der Waals surface area contributed by atoms with Crippen molar-refractivity contribution in [3.63, 3.8) is 0 Å². The number of para-hydroxylation sites is 1. The van der Waals surface area contributed by atoms with Gasteiger partial charge >= 0.3 is 0 Å². The number of aryl methyl sites for hydroxylation is 1. The van der Waals surface area contributed by atoms with Crippen LogP contribution >= 0.6 is 23.2 Å². The summed E-state index contributed by atoms with van der Waals surface area (Å²) in [5, 5.41) is 10.2. The Morgan fingerprint density at radius 1 is 1.19 bits per heavy atom. The van der Waals surface area contributed by atoms with Crippen LogP contribution in [-0.2, 0) is 13.5 Å². The first-order valence-corrected chi connectivity index (χ1v) is 7.14. The van der Waals surface area contributed by atoms with Gasteiger partial charge in [0.15, 0.2) is 0 Å². The number of benzene rings is 2. The predicted molar refractivity (Wildman–Crippen MR) is 84.7 cm³/mol. The van der Waals surface area contributed by atoms with Gasteiger partial charge in [0.25, 0.3) is 0 Å². The zero-order chi connectivity index (χ0) is 15.0. The molecule has 0 atom stereocenters. The number of halogens is 2. The van der Waals surface area contributed by atoms with E-state index in [1.807, 2.05) is 35.9 Å². The molecule has 0 spiro atoms. The molecule has 0 amide bonds. The fourth-order valence-electron chi connectivity index (χ4n) is 2.34. The summed E-state index contributed by atoms with van der Waals surface area (Å²) < 4.78 is 2.00. The third-order valence-electron chi connectivity index (χ3n) is 3.47. The van der Waals surface area contributed by atoms with Crippen LogP contribution in [0.25, 0.3) is 11.0 Å². The Morgan fingerprint density at radius 2 is 2.00 bits per heavy atom. The minimum atomic E-state index is 0.533. The topological polar surface area (TPSA) is 41.6 Å². The van der Waals surface area contributed by atoms with E-state index in [-0.39, 0.29) is 0 Å². The highest BCUT2D eigenvalue weighted by Crippen LogP contribution is 2.25. The number of rotatable bonds is 2. The van der Waals surface area contributed by atoms with E-state index < -0.39 is 0 Å². The number of fused-ring (bicyclic) bond motifs is 1. The quantitative estimate of drug-likeness (QED) is 0.705. The van der Waals surface area contributed by atoms with Crippen molar-refractivity contribution >= 4 is 34.2 Å². The van der Waals surface area contributed by atoms with Crippen molar-refractivity contribution < 1.29 is 0 Å². The fraction of sp³-hybridized carbons (Fsp3) is 0.125. The molecule has 3 rings (SSSR count). The molecule has 3 nitrogen and oxygen atoms in total. The van der Waals surface area contributed by atoms with Gasteiger partial charge in [0.2, 0.25) is 0 Å². The van der Waals surface area contributed by atoms with Crippen LogP contribution < -0.4 is 0 Å². The van der Waals surface area contributed by atoms with Gasteiger partial charge in [0, 0.05) is 13.5 Å². The van der Waals surface area contributed by atoms with Crippen LogP contribution in [0.3, 0.4) is 0 Å². The van der Waals surface area contributed by atoms with E-state index in [9.17, 15) is 0 Å². The van der Waals surface area contributed by atoms with Crippen LogP contribution in [0.1, 0.15) is 17.0 Å². The van der Waals surface area contributed by atoms with Crippen LogP contribution in [0.2, 0.25) is 10.0 Å². The monoisotopic (exact) mass is 315 g/mol. The second-order valence-corrected chi connectivity index (χ2v) is 5.61. The molecule has 0 unspecified atom stereocenters. The molecule has 1 heterocycles. The van der Waals surface area contributed by atoms with E-state index in [2.05, 4.69) is 11.1 Å². The largest absolute Gasteiger partial charge is 0.331 e. The minimum Gasteiger partial charge on any atom is -0.331 e. The highest BCUT2D eigenvalue weighted by atomic mass is 35.5. The number of nitriles is 1. The molecule has 0 N–H and O–H groups in total. The number of imidazole rings is 1. The van der Waals surface area contributed by atoms with Crippen molar-refractivity contribution in [2.24, 2.45) is 7.05 Å². The van der Waals surface area contributed by atoms with E-state index in [1.54, 1.807) is 12.1 Å². The molecule has 0 aliphatic rings. The smallest absolute Gasteiger partial charge is 0.114 e. The van der Waals surface area contributed by atoms with Crippen molar-refractivity contribution in [1.82, 2.24) is 9.55 Å². The summed E-state index contributed by atoms with van der Waals surface area (Å²) in [6.45, 7) is 0. The van der Waals surface area contributed by atoms with Crippen LogP contribution in [0.4, 0.5) is 0 Å². The van der Waals surface area contributed by atoms with Gasteiger partial charge in [-0.1, -0.05) is 35.3 Å². The van der Waals surface area contributed by atoms with E-state index in [0.29, 0.717) is 22.0 Å². The standard InChI is InChI=1S/C16H11Cl2N3/c1-21-14-4-2-3-11(9-19)16(14)20-15(21)8-10-5-6-12(17)13(18)7-10/h2-7H,8H2,1H3. The molecule has 1 aromatic heterocycles. The molecular formula is C16H11Cl2N3. The zero-order valence-corrected chi connectivity index (χ0v) is 12.8. The third kappa shape index (κ3) is 2.49. The maximum absolute atomic E-state index is 9.16. The Balaban J connectivity index is 2.07. The number of aromatic nitrogens is 2. The zero-order valence-electron chi connectivity index (χ0n) is 11.3. The highest BCUT2D eigenvalue weighted by Gasteiger charge is 2.12. The van der Waals surface area contributed by atoms with Crippen molar-refractivity contribution in [3.05, 3.63) is 63.4 Å². The lowest BCUT2D eigenvalue weighted by Crippen LogP contribution is -1.99. The van der Waals surface area contributed by atoms with Gasteiger partial charge in [-0.2, -0.15) is 5.26 Å². The average molecular weight is 316 g/mol. The Bertz CT molecular complexity index is 875. The van der Waals surface area contributed by atoms with Gasteiger partial charge < -0.3 is 4.57 Å². The van der Waals surface area contributed by atoms with E-state index in [1.165, 1.54) is 0 Å². The maximum Gasteiger partial charge on any atom is 0.114 e. The van der Waals surface area contributed by atoms with Crippen LogP contribution in [-0.4, -0.2) is 9.55 Å². The normalized spacial score (nSPS) is 10.8. The molecule has 104 valence electrons. The van der Waals surface area contributed by atoms with Gasteiger partial charge in [-0.15, -0.1) is 0 Å². The first-order valence-electron chi connectivity index (χ1n) is 6.38. The van der Waals surface area contributed by atoms with Crippen LogP contribution in [0, 0.1) is 11.3 Å². The average Bonchev–Trinajstić information content (AvgIpc) is 2.80. The Morgan fingerprint density at radius 3 is 2.71 bits per heavy atom. The van der Waals surface area contributed by atoms with E-state index in [4.69, 9.17) is 28.5 Å². The molecule has 0 fully saturated rings. The molecule has 5 heteroatoms. The van der Waals surface area contributed by atoms with Gasteiger partial charge in [-0.25, -0.2) is 4.98 Å². The summed E-state index contributed by atoms with van der Waals surface area (Å²) in [4.78, 5) is 4.59. The minimum absolute atomic E-state index is 0.533. The molecule has 3 aromatic rings. The fourth-order valence-corrected chi connectivity index (χ4v) is 2.66. The molecule has 0 aliphatic heterocycles. The summed E-state index contributed by atoms with van der Waals surface area (Å²) in [7, 11) is 1.95. The van der Waals surface area contributed by atoms with Crippen molar-refractivity contribution in [3.8, 4) is 6.07 Å². The maximum atomic E-state index is 9.16. The summed E-state index contributed by atoms with van der Waals surface area (Å²) >= 11 is 12.0. The predicted octanol–water partition coefficient (Wildman–Crippen LogP) is 4.34. The van der Waals surface area contributed by atoms with Crippen molar-refractivity contribution in [1.29, 1.82) is 5.26 Å². The molecule has 0 aliphatic carbocycles. The molecule has 0 saturated heterocycles. The molecule has 21 heavy (non-hydrogen) atoms. The lowest BCUT2D eigenvalue weighted by molar-refractivity contribution is 0.845. The number of nitrogens with zero attached hydrogens (tertiary/aromatic N) is 3. The van der Waals surface area contributed by atoms with Gasteiger partial charge in [-0.05, 0) is 29.8 Å². The second-order valence-electron chi connectivity index (χ2n) is 4.80. The molecule has 0 radical (unpaired) electrons. The summed E-state index contributed by atoms with van der Waals surface area (Å²) in [5.74, 6) is 0.881. The number of hydrogen-bond donors (Lipinski definition) is 0. The van der Waals surface area contributed by atoms with Crippen LogP contribution in [0.5, 0.6) is 0 Å². The Labute approximate surface area is 132 Å².